The van der Waals surface area contributed by atoms with E-state index in [0.29, 0.717) is 0 Å². The summed E-state index contributed by atoms with van der Waals surface area (Å²) < 4.78 is 0.922. The van der Waals surface area contributed by atoms with Gasteiger partial charge < -0.3 is 15.4 Å². The lowest BCUT2D eigenvalue weighted by Crippen LogP contribution is -2.49. The Morgan fingerprint density at radius 2 is 2.17 bits per heavy atom. The number of aliphatic hydroxyl groups excluding tert-OH is 1. The molecule has 3 N–H and O–H groups in total. The Labute approximate surface area is 180 Å². The number of nitrogens with one attached hydrogen (secondary N) is 2. The maximum Gasteiger partial charge on any atom is 0.305 e. The number of nitrogens with zero attached hydrogens (tertiary/aromatic N) is 3. The predicted octanol–water partition coefficient (Wildman–Crippen LogP) is 3.47. The van der Waals surface area contributed by atoms with Gasteiger partial charge in [-0.05, 0) is 49.4 Å². The van der Waals surface area contributed by atoms with Crippen molar-refractivity contribution in [1.29, 1.82) is 0 Å². The molecule has 6 rings (SSSR count). The number of aliphatic hydroxyl groups is 1. The van der Waals surface area contributed by atoms with Gasteiger partial charge in [-0.2, -0.15) is 0 Å². The van der Waals surface area contributed by atoms with Gasteiger partial charge in [0.1, 0.15) is 23.2 Å². The maximum atomic E-state index is 11.6. The Bertz CT molecular complexity index is 1310. The van der Waals surface area contributed by atoms with Crippen molar-refractivity contribution in [3.8, 4) is 0 Å². The summed E-state index contributed by atoms with van der Waals surface area (Å²) >= 11 is 2.93. The summed E-state index contributed by atoms with van der Waals surface area (Å²) in [6.07, 6.45) is 5.28. The highest BCUT2D eigenvalue weighted by molar-refractivity contribution is 7.19. The van der Waals surface area contributed by atoms with Gasteiger partial charge in [0.2, 0.25) is 0 Å². The van der Waals surface area contributed by atoms with Gasteiger partial charge in [-0.25, -0.2) is 9.97 Å². The molecule has 2 aliphatic rings. The third-order valence-corrected chi connectivity index (χ3v) is 8.26. The van der Waals surface area contributed by atoms with Crippen LogP contribution >= 0.6 is 22.7 Å². The predicted molar refractivity (Wildman–Crippen MR) is 121 cm³/mol. The molecule has 0 amide bonds. The summed E-state index contributed by atoms with van der Waals surface area (Å²) in [5.41, 5.74) is 3.07. The molecule has 3 aromatic heterocycles. The van der Waals surface area contributed by atoms with Gasteiger partial charge in [0.05, 0.1) is 15.6 Å². The quantitative estimate of drug-likeness (QED) is 0.451. The van der Waals surface area contributed by atoms with Crippen LogP contribution in [0.4, 0.5) is 11.5 Å². The van der Waals surface area contributed by atoms with Crippen LogP contribution in [0.1, 0.15) is 23.3 Å². The maximum absolute atomic E-state index is 11.6. The molecule has 7 nitrogen and oxygen atoms in total. The van der Waals surface area contributed by atoms with Crippen molar-refractivity contribution in [3.63, 3.8) is 0 Å². The number of aryl methyl sites for hydroxylation is 1. The number of H-pyrrole nitrogens is 1. The third-order valence-electron chi connectivity index (χ3n) is 6.25. The van der Waals surface area contributed by atoms with Crippen LogP contribution in [-0.4, -0.2) is 44.3 Å². The van der Waals surface area contributed by atoms with Crippen LogP contribution in [0.3, 0.4) is 0 Å². The number of aromatic amines is 1. The molecule has 1 saturated heterocycles. The lowest BCUT2D eigenvalue weighted by Gasteiger charge is -2.40. The summed E-state index contributed by atoms with van der Waals surface area (Å²) in [5.74, 6) is 1.09. The van der Waals surface area contributed by atoms with Gasteiger partial charge in [0.15, 0.2) is 0 Å². The summed E-state index contributed by atoms with van der Waals surface area (Å²) in [6, 6.07) is 5.85. The van der Waals surface area contributed by atoms with Crippen molar-refractivity contribution in [2.45, 2.75) is 31.9 Å². The van der Waals surface area contributed by atoms with Gasteiger partial charge in [-0.1, -0.05) is 11.3 Å². The van der Waals surface area contributed by atoms with Crippen molar-refractivity contribution in [3.05, 3.63) is 44.6 Å². The van der Waals surface area contributed by atoms with E-state index in [4.69, 9.17) is 0 Å². The minimum absolute atomic E-state index is 0.0477. The molecule has 1 aliphatic heterocycles. The number of hydrogen-bond donors (Lipinski definition) is 3. The number of likely N-dealkylation sites (tertiary alicyclic amines) is 1. The van der Waals surface area contributed by atoms with Gasteiger partial charge >= 0.3 is 4.87 Å². The van der Waals surface area contributed by atoms with Gasteiger partial charge in [0.25, 0.3) is 0 Å². The molecular formula is C21H21N5O2S2. The molecule has 4 aromatic rings. The molecule has 1 aliphatic carbocycles. The molecule has 1 fully saturated rings. The lowest BCUT2D eigenvalue weighted by atomic mass is 9.85. The molecule has 1 aromatic carbocycles. The summed E-state index contributed by atoms with van der Waals surface area (Å²) in [6.45, 7) is 2.02. The molecule has 2 atom stereocenters. The zero-order valence-corrected chi connectivity index (χ0v) is 17.9. The molecule has 30 heavy (non-hydrogen) atoms. The van der Waals surface area contributed by atoms with E-state index in [1.54, 1.807) is 17.7 Å². The zero-order chi connectivity index (χ0) is 20.2. The highest BCUT2D eigenvalue weighted by Gasteiger charge is 2.33. The topological polar surface area (TPSA) is 94.1 Å². The molecule has 0 bridgehead atoms. The largest absolute Gasteiger partial charge is 0.378 e. The average Bonchev–Trinajstić information content (AvgIpc) is 3.25. The highest BCUT2D eigenvalue weighted by Crippen LogP contribution is 2.41. The monoisotopic (exact) mass is 439 g/mol. The first-order valence-corrected chi connectivity index (χ1v) is 11.9. The first-order chi connectivity index (χ1) is 14.7. The molecule has 0 radical (unpaired) electrons. The number of anilines is 2. The Balaban J connectivity index is 1.33. The molecule has 4 heterocycles. The van der Waals surface area contributed by atoms with Gasteiger partial charge in [0, 0.05) is 29.6 Å². The normalized spacial score (nSPS) is 20.2. The van der Waals surface area contributed by atoms with Crippen LogP contribution in [0.15, 0.2) is 29.3 Å². The highest BCUT2D eigenvalue weighted by atomic mass is 32.1. The fraction of sp³-hybridized carbons (Fsp3) is 0.381. The number of benzene rings is 1. The molecular weight excluding hydrogens is 418 g/mol. The zero-order valence-electron chi connectivity index (χ0n) is 16.2. The fourth-order valence-corrected chi connectivity index (χ4v) is 6.60. The molecule has 9 heteroatoms. The Morgan fingerprint density at radius 3 is 3.00 bits per heavy atom. The molecule has 0 spiro atoms. The van der Waals surface area contributed by atoms with E-state index >= 15 is 0 Å². The molecule has 154 valence electrons. The van der Waals surface area contributed by atoms with E-state index in [-0.39, 0.29) is 17.0 Å². The minimum Gasteiger partial charge on any atom is -0.378 e. The van der Waals surface area contributed by atoms with Crippen molar-refractivity contribution < 1.29 is 5.11 Å². The first kappa shape index (κ1) is 18.4. The number of thiophene rings is 1. The number of hydrogen-bond acceptors (Lipinski definition) is 8. The third kappa shape index (κ3) is 3.04. The second-order valence-electron chi connectivity index (χ2n) is 8.06. The SMILES string of the molecule is O=c1[nH]c2ccc(Nc3ncnc4sc5c(c34)CCC(C(O)N3CCC3)C5)cc2s1. The standard InChI is InChI=1S/C21H21N5O2S2/c27-20(26-6-1-7-26)11-2-4-13-15(8-11)29-19-17(13)18(22-10-23-19)24-12-3-5-14-16(9-12)30-21(28)25-14/h3,5,9-11,20,27H,1-2,4,6-8H2,(H,25,28)(H,22,23,24). The van der Waals surface area contributed by atoms with Crippen LogP contribution < -0.4 is 10.2 Å². The van der Waals surface area contributed by atoms with Crippen molar-refractivity contribution in [1.82, 2.24) is 19.9 Å². The smallest absolute Gasteiger partial charge is 0.305 e. The van der Waals surface area contributed by atoms with E-state index in [2.05, 4.69) is 25.2 Å². The van der Waals surface area contributed by atoms with Crippen LogP contribution in [-0.2, 0) is 12.8 Å². The summed E-state index contributed by atoms with van der Waals surface area (Å²) in [5, 5.41) is 15.2. The lowest BCUT2D eigenvalue weighted by molar-refractivity contribution is -0.0744. The van der Waals surface area contributed by atoms with Crippen molar-refractivity contribution in [2.24, 2.45) is 5.92 Å². The van der Waals surface area contributed by atoms with E-state index in [1.807, 2.05) is 18.2 Å². The number of thiazole rings is 1. The fourth-order valence-electron chi connectivity index (χ4n) is 4.55. The Morgan fingerprint density at radius 1 is 1.27 bits per heavy atom. The summed E-state index contributed by atoms with van der Waals surface area (Å²) in [4.78, 5) is 27.9. The second kappa shape index (κ2) is 7.12. The average molecular weight is 440 g/mol. The van der Waals surface area contributed by atoms with Gasteiger partial charge in [-0.3, -0.25) is 9.69 Å². The van der Waals surface area contributed by atoms with E-state index in [1.165, 1.54) is 28.2 Å². The number of rotatable bonds is 4. The van der Waals surface area contributed by atoms with Crippen molar-refractivity contribution in [2.75, 3.05) is 18.4 Å². The summed E-state index contributed by atoms with van der Waals surface area (Å²) in [7, 11) is 0. The van der Waals surface area contributed by atoms with E-state index in [0.717, 1.165) is 64.3 Å². The van der Waals surface area contributed by atoms with Crippen LogP contribution in [0.25, 0.3) is 20.4 Å². The number of aromatic nitrogens is 3. The van der Waals surface area contributed by atoms with Crippen LogP contribution in [0.5, 0.6) is 0 Å². The minimum atomic E-state index is -0.332. The van der Waals surface area contributed by atoms with E-state index < -0.39 is 0 Å². The molecule has 0 saturated carbocycles. The second-order valence-corrected chi connectivity index (χ2v) is 10.2. The van der Waals surface area contributed by atoms with Crippen molar-refractivity contribution >= 4 is 54.6 Å². The van der Waals surface area contributed by atoms with Gasteiger partial charge in [-0.15, -0.1) is 11.3 Å². The van der Waals surface area contributed by atoms with Crippen LogP contribution in [0.2, 0.25) is 0 Å². The number of fused-ring (bicyclic) bond motifs is 4. The van der Waals surface area contributed by atoms with Crippen LogP contribution in [0, 0.1) is 5.92 Å². The first-order valence-electron chi connectivity index (χ1n) is 10.2. The Hall–Kier alpha value is -2.33. The van der Waals surface area contributed by atoms with E-state index in [9.17, 15) is 9.90 Å². The Kier molecular flexibility index (Phi) is 4.38. The molecule has 2 unspecified atom stereocenters.